The molecule has 2 aromatic carbocycles. The van der Waals surface area contributed by atoms with Gasteiger partial charge in [-0.25, -0.2) is 4.98 Å². The molecule has 4 nitrogen and oxygen atoms in total. The molecule has 1 heterocycles. The van der Waals surface area contributed by atoms with Gasteiger partial charge in [-0.05, 0) is 41.3 Å². The van der Waals surface area contributed by atoms with Crippen molar-refractivity contribution in [3.8, 4) is 0 Å². The first kappa shape index (κ1) is 15.5. The zero-order valence-electron chi connectivity index (χ0n) is 13.4. The molecule has 0 atom stereocenters. The number of nitrogens with two attached hydrogens (primary N) is 1. The molecule has 0 aliphatic heterocycles. The van der Waals surface area contributed by atoms with Gasteiger partial charge in [-0.15, -0.1) is 0 Å². The summed E-state index contributed by atoms with van der Waals surface area (Å²) >= 11 is 1.42. The minimum absolute atomic E-state index is 0.0714. The molecule has 3 aromatic rings. The fraction of sp³-hybridized carbons (Fsp3) is 0.222. The van der Waals surface area contributed by atoms with Crippen molar-refractivity contribution < 1.29 is 4.79 Å². The maximum Gasteiger partial charge on any atom is 0.257 e. The third kappa shape index (κ3) is 3.35. The molecule has 3 rings (SSSR count). The van der Waals surface area contributed by atoms with Crippen LogP contribution in [0.3, 0.4) is 0 Å². The van der Waals surface area contributed by atoms with E-state index in [4.69, 9.17) is 5.73 Å². The van der Waals surface area contributed by atoms with Gasteiger partial charge in [0.1, 0.15) is 0 Å². The van der Waals surface area contributed by atoms with Crippen molar-refractivity contribution in [1.82, 2.24) is 4.98 Å². The van der Waals surface area contributed by atoms with E-state index in [0.29, 0.717) is 16.4 Å². The van der Waals surface area contributed by atoms with Crippen LogP contribution in [0.4, 0.5) is 10.8 Å². The van der Waals surface area contributed by atoms with Gasteiger partial charge in [0.25, 0.3) is 5.91 Å². The van der Waals surface area contributed by atoms with Crippen LogP contribution in [0.1, 0.15) is 36.7 Å². The van der Waals surface area contributed by atoms with Crippen LogP contribution < -0.4 is 11.1 Å². The lowest BCUT2D eigenvalue weighted by Crippen LogP contribution is -2.14. The summed E-state index contributed by atoms with van der Waals surface area (Å²) in [6.07, 6.45) is 0. The number of nitrogens with zero attached hydrogens (tertiary/aromatic N) is 1. The standard InChI is InChI=1S/C18H19N3OS/c1-18(2,3)12-6-4-11(5-7-12)16(22)21-17-20-14-9-8-13(19)10-15(14)23-17/h4-10H,19H2,1-3H3,(H,20,21,22). The molecule has 0 bridgehead atoms. The number of carbonyl (C=O) groups excluding carboxylic acids is 1. The van der Waals surface area contributed by atoms with Gasteiger partial charge in [0.05, 0.1) is 10.2 Å². The lowest BCUT2D eigenvalue weighted by atomic mass is 9.87. The molecule has 23 heavy (non-hydrogen) atoms. The summed E-state index contributed by atoms with van der Waals surface area (Å²) in [5.74, 6) is -0.155. The summed E-state index contributed by atoms with van der Waals surface area (Å²) in [6.45, 7) is 6.44. The fourth-order valence-corrected chi connectivity index (χ4v) is 3.19. The average molecular weight is 325 g/mol. The number of carbonyl (C=O) groups is 1. The second kappa shape index (κ2) is 5.66. The van der Waals surface area contributed by atoms with E-state index in [-0.39, 0.29) is 11.3 Å². The molecule has 0 aliphatic carbocycles. The van der Waals surface area contributed by atoms with E-state index in [0.717, 1.165) is 10.2 Å². The Morgan fingerprint density at radius 2 is 1.83 bits per heavy atom. The smallest absolute Gasteiger partial charge is 0.257 e. The number of benzene rings is 2. The van der Waals surface area contributed by atoms with Crippen LogP contribution in [0, 0.1) is 0 Å². The summed E-state index contributed by atoms with van der Waals surface area (Å²) in [5.41, 5.74) is 9.19. The third-order valence-corrected chi connectivity index (χ3v) is 4.58. The number of nitrogen functional groups attached to an aromatic ring is 1. The lowest BCUT2D eigenvalue weighted by Gasteiger charge is -2.18. The van der Waals surface area contributed by atoms with Crippen LogP contribution in [-0.4, -0.2) is 10.9 Å². The molecule has 118 valence electrons. The van der Waals surface area contributed by atoms with Crippen molar-refractivity contribution in [3.63, 3.8) is 0 Å². The van der Waals surface area contributed by atoms with Crippen LogP contribution in [0.15, 0.2) is 42.5 Å². The number of fused-ring (bicyclic) bond motifs is 1. The second-order valence-corrected chi connectivity index (χ2v) is 7.56. The molecule has 5 heteroatoms. The van der Waals surface area contributed by atoms with Crippen LogP contribution >= 0.6 is 11.3 Å². The van der Waals surface area contributed by atoms with Crippen molar-refractivity contribution in [2.24, 2.45) is 0 Å². The normalized spacial score (nSPS) is 11.6. The SMILES string of the molecule is CC(C)(C)c1ccc(C(=O)Nc2nc3ccc(N)cc3s2)cc1. The number of hydrogen-bond donors (Lipinski definition) is 2. The monoisotopic (exact) mass is 325 g/mol. The van der Waals surface area contributed by atoms with Crippen LogP contribution in [0.5, 0.6) is 0 Å². The number of amides is 1. The Morgan fingerprint density at radius 1 is 1.13 bits per heavy atom. The Labute approximate surface area is 139 Å². The predicted molar refractivity (Wildman–Crippen MR) is 97.1 cm³/mol. The Kier molecular flexibility index (Phi) is 3.82. The highest BCUT2D eigenvalue weighted by atomic mass is 32.1. The van der Waals surface area contributed by atoms with Crippen LogP contribution in [-0.2, 0) is 5.41 Å². The molecular weight excluding hydrogens is 306 g/mol. The van der Waals surface area contributed by atoms with Gasteiger partial charge in [-0.2, -0.15) is 0 Å². The Bertz CT molecular complexity index is 860. The van der Waals surface area contributed by atoms with Gasteiger partial charge in [0.2, 0.25) is 0 Å². The number of anilines is 2. The molecule has 1 aromatic heterocycles. The van der Waals surface area contributed by atoms with Gasteiger partial charge < -0.3 is 5.73 Å². The molecule has 0 saturated heterocycles. The fourth-order valence-electron chi connectivity index (χ4n) is 2.29. The molecule has 3 N–H and O–H groups in total. The number of nitrogens with one attached hydrogen (secondary N) is 1. The number of hydrogen-bond acceptors (Lipinski definition) is 4. The average Bonchev–Trinajstić information content (AvgIpc) is 2.87. The van der Waals surface area contributed by atoms with Crippen molar-refractivity contribution in [2.45, 2.75) is 26.2 Å². The highest BCUT2D eigenvalue weighted by Gasteiger charge is 2.15. The first-order valence-corrected chi connectivity index (χ1v) is 8.22. The largest absolute Gasteiger partial charge is 0.399 e. The number of thiazole rings is 1. The second-order valence-electron chi connectivity index (χ2n) is 6.53. The molecule has 1 amide bonds. The molecule has 0 radical (unpaired) electrons. The topological polar surface area (TPSA) is 68.0 Å². The van der Waals surface area contributed by atoms with Crippen molar-refractivity contribution in [2.75, 3.05) is 11.1 Å². The quantitative estimate of drug-likeness (QED) is 0.685. The van der Waals surface area contributed by atoms with Crippen molar-refractivity contribution in [1.29, 1.82) is 0 Å². The van der Waals surface area contributed by atoms with Gasteiger partial charge in [-0.3, -0.25) is 10.1 Å². The molecule has 0 unspecified atom stereocenters. The summed E-state index contributed by atoms with van der Waals surface area (Å²) in [6, 6.07) is 13.2. The molecule has 0 saturated carbocycles. The van der Waals surface area contributed by atoms with E-state index in [1.165, 1.54) is 16.9 Å². The van der Waals surface area contributed by atoms with Crippen LogP contribution in [0.25, 0.3) is 10.2 Å². The first-order chi connectivity index (χ1) is 10.8. The minimum Gasteiger partial charge on any atom is -0.399 e. The molecule has 0 fully saturated rings. The number of rotatable bonds is 2. The van der Waals surface area contributed by atoms with E-state index in [2.05, 4.69) is 31.1 Å². The third-order valence-electron chi connectivity index (χ3n) is 3.65. The number of aromatic nitrogens is 1. The van der Waals surface area contributed by atoms with Crippen molar-refractivity contribution in [3.05, 3.63) is 53.6 Å². The van der Waals surface area contributed by atoms with Gasteiger partial charge in [0.15, 0.2) is 5.13 Å². The van der Waals surface area contributed by atoms with Gasteiger partial charge in [-0.1, -0.05) is 44.2 Å². The summed E-state index contributed by atoms with van der Waals surface area (Å²) in [4.78, 5) is 16.8. The Balaban J connectivity index is 1.80. The minimum atomic E-state index is -0.155. The van der Waals surface area contributed by atoms with E-state index < -0.39 is 0 Å². The molecule has 0 aliphatic rings. The van der Waals surface area contributed by atoms with Gasteiger partial charge in [0, 0.05) is 11.3 Å². The lowest BCUT2D eigenvalue weighted by molar-refractivity contribution is 0.102. The maximum absolute atomic E-state index is 12.3. The molecule has 0 spiro atoms. The summed E-state index contributed by atoms with van der Waals surface area (Å²) < 4.78 is 0.961. The zero-order chi connectivity index (χ0) is 16.6. The summed E-state index contributed by atoms with van der Waals surface area (Å²) in [5, 5.41) is 3.43. The summed E-state index contributed by atoms with van der Waals surface area (Å²) in [7, 11) is 0. The van der Waals surface area contributed by atoms with E-state index in [9.17, 15) is 4.79 Å². The highest BCUT2D eigenvalue weighted by Crippen LogP contribution is 2.28. The van der Waals surface area contributed by atoms with Crippen LogP contribution in [0.2, 0.25) is 0 Å². The van der Waals surface area contributed by atoms with E-state index >= 15 is 0 Å². The van der Waals surface area contributed by atoms with Gasteiger partial charge >= 0.3 is 0 Å². The molecular formula is C18H19N3OS. The first-order valence-electron chi connectivity index (χ1n) is 7.41. The van der Waals surface area contributed by atoms with Crippen molar-refractivity contribution >= 4 is 38.3 Å². The Morgan fingerprint density at radius 3 is 2.48 bits per heavy atom. The highest BCUT2D eigenvalue weighted by molar-refractivity contribution is 7.22. The van der Waals surface area contributed by atoms with E-state index in [1.807, 2.05) is 36.4 Å². The maximum atomic E-state index is 12.3. The zero-order valence-corrected chi connectivity index (χ0v) is 14.2. The Hall–Kier alpha value is -2.40. The van der Waals surface area contributed by atoms with E-state index in [1.54, 1.807) is 6.07 Å². The predicted octanol–water partition coefficient (Wildman–Crippen LogP) is 4.43.